The minimum atomic E-state index is -0.588. The lowest BCUT2D eigenvalue weighted by Gasteiger charge is -2.18. The highest BCUT2D eigenvalue weighted by Crippen LogP contribution is 2.13. The van der Waals surface area contributed by atoms with Gasteiger partial charge in [-0.1, -0.05) is 213 Å². The highest BCUT2D eigenvalue weighted by atomic mass is 16.6. The van der Waals surface area contributed by atoms with Crippen molar-refractivity contribution in [3.8, 4) is 0 Å². The van der Waals surface area contributed by atoms with Gasteiger partial charge in [0.05, 0.1) is 6.61 Å². The number of carbonyl (C=O) groups excluding carboxylic acids is 2. The highest BCUT2D eigenvalue weighted by Gasteiger charge is 2.17. The number of carbonyl (C=O) groups is 2. The molecule has 1 atom stereocenters. The first-order valence-electron chi connectivity index (χ1n) is 27.1. The molecule has 0 aliphatic heterocycles. The molecule has 374 valence electrons. The molecular formula is C61H100O5. The molecule has 5 heteroatoms. The fourth-order valence-electron chi connectivity index (χ4n) is 7.01. The summed E-state index contributed by atoms with van der Waals surface area (Å²) < 4.78 is 17.3. The zero-order valence-corrected chi connectivity index (χ0v) is 42.9. The topological polar surface area (TPSA) is 61.8 Å². The number of esters is 2. The van der Waals surface area contributed by atoms with E-state index >= 15 is 0 Å². The van der Waals surface area contributed by atoms with Crippen LogP contribution < -0.4 is 0 Å². The Morgan fingerprint density at radius 2 is 0.682 bits per heavy atom. The molecule has 0 saturated heterocycles. The highest BCUT2D eigenvalue weighted by molar-refractivity contribution is 5.70. The van der Waals surface area contributed by atoms with Crippen molar-refractivity contribution in [2.45, 2.75) is 232 Å². The fourth-order valence-corrected chi connectivity index (χ4v) is 7.01. The maximum Gasteiger partial charge on any atom is 0.306 e. The van der Waals surface area contributed by atoms with Crippen LogP contribution in [0.2, 0.25) is 0 Å². The van der Waals surface area contributed by atoms with Gasteiger partial charge in [-0.2, -0.15) is 0 Å². The maximum absolute atomic E-state index is 12.8. The molecule has 0 spiro atoms. The van der Waals surface area contributed by atoms with Gasteiger partial charge in [-0.05, 0) is 122 Å². The third kappa shape index (κ3) is 52.9. The van der Waals surface area contributed by atoms with E-state index in [0.717, 1.165) is 122 Å². The zero-order chi connectivity index (χ0) is 47.7. The van der Waals surface area contributed by atoms with Crippen LogP contribution in [0.25, 0.3) is 0 Å². The standard InChI is InChI=1S/C61H100O5/c1-4-7-10-13-16-19-22-25-28-30-31-33-34-36-39-42-45-48-51-54-60(62)65-58-59(57-64-56-53-50-47-44-41-38-27-24-21-18-15-12-9-6-3)66-61(63)55-52-49-46-43-40-37-35-32-29-26-23-20-17-14-11-8-5-2/h8-9,11-12,16-21,25-29,35,37-38,44,47,59H,4-7,10,13-15,22-24,30-34,36,39-43,45-46,48-58H2,1-3H3/b11-8-,12-9-,19-16-,20-17-,21-18-,28-25-,29-26-,37-35-,38-27-,47-44-. The minimum absolute atomic E-state index is 0.0439. The van der Waals surface area contributed by atoms with Gasteiger partial charge < -0.3 is 14.2 Å². The zero-order valence-electron chi connectivity index (χ0n) is 42.9. The predicted molar refractivity (Wildman–Crippen MR) is 288 cm³/mol. The first-order chi connectivity index (χ1) is 32.6. The molecular weight excluding hydrogens is 813 g/mol. The van der Waals surface area contributed by atoms with Crippen LogP contribution in [0.3, 0.4) is 0 Å². The second-order valence-electron chi connectivity index (χ2n) is 17.4. The van der Waals surface area contributed by atoms with Crippen LogP contribution >= 0.6 is 0 Å². The van der Waals surface area contributed by atoms with Crippen LogP contribution in [0.4, 0.5) is 0 Å². The first kappa shape index (κ1) is 62.3. The van der Waals surface area contributed by atoms with Crippen LogP contribution in [0.1, 0.15) is 226 Å². The van der Waals surface area contributed by atoms with Crippen molar-refractivity contribution in [1.29, 1.82) is 0 Å². The quantitative estimate of drug-likeness (QED) is 0.0346. The molecule has 0 bridgehead atoms. The average molecular weight is 913 g/mol. The Bertz CT molecular complexity index is 1350. The molecule has 0 fully saturated rings. The molecule has 0 aliphatic rings. The van der Waals surface area contributed by atoms with Gasteiger partial charge in [-0.15, -0.1) is 0 Å². The summed E-state index contributed by atoms with van der Waals surface area (Å²) in [5, 5.41) is 0. The summed E-state index contributed by atoms with van der Waals surface area (Å²) in [4.78, 5) is 25.5. The van der Waals surface area contributed by atoms with Crippen LogP contribution in [-0.4, -0.2) is 37.9 Å². The molecule has 0 saturated carbocycles. The van der Waals surface area contributed by atoms with E-state index in [4.69, 9.17) is 14.2 Å². The largest absolute Gasteiger partial charge is 0.462 e. The molecule has 0 aromatic rings. The SMILES string of the molecule is CC/C=C\C/C=C\C/C=C\C/C=C\CCCCCCC(=O)OC(COCCC/C=C\C/C=C\C/C=C\C/C=C\CC)COC(=O)CCCCCCCCCCC/C=C\C/C=C\CCCCC. The average Bonchev–Trinajstić information content (AvgIpc) is 3.32. The summed E-state index contributed by atoms with van der Waals surface area (Å²) in [6.07, 6.45) is 77.9. The van der Waals surface area contributed by atoms with Crippen molar-refractivity contribution in [1.82, 2.24) is 0 Å². The monoisotopic (exact) mass is 913 g/mol. The number of rotatable bonds is 48. The van der Waals surface area contributed by atoms with Crippen LogP contribution in [0.15, 0.2) is 122 Å². The summed E-state index contributed by atoms with van der Waals surface area (Å²) >= 11 is 0. The Morgan fingerprint density at radius 1 is 0.348 bits per heavy atom. The molecule has 0 rings (SSSR count). The first-order valence-corrected chi connectivity index (χ1v) is 27.1. The maximum atomic E-state index is 12.8. The molecule has 5 nitrogen and oxygen atoms in total. The van der Waals surface area contributed by atoms with Gasteiger partial charge >= 0.3 is 11.9 Å². The summed E-state index contributed by atoms with van der Waals surface area (Å²) in [6, 6.07) is 0. The van der Waals surface area contributed by atoms with Crippen LogP contribution in [0.5, 0.6) is 0 Å². The van der Waals surface area contributed by atoms with E-state index in [1.54, 1.807) is 0 Å². The lowest BCUT2D eigenvalue weighted by atomic mass is 10.1. The molecule has 0 N–H and O–H groups in total. The van der Waals surface area contributed by atoms with Crippen molar-refractivity contribution in [3.05, 3.63) is 122 Å². The number of hydrogen-bond acceptors (Lipinski definition) is 5. The molecule has 0 radical (unpaired) electrons. The summed E-state index contributed by atoms with van der Waals surface area (Å²) in [7, 11) is 0. The van der Waals surface area contributed by atoms with Crippen LogP contribution in [-0.2, 0) is 23.8 Å². The second-order valence-corrected chi connectivity index (χ2v) is 17.4. The number of unbranched alkanes of at least 4 members (excludes halogenated alkanes) is 17. The van der Waals surface area contributed by atoms with E-state index < -0.39 is 6.10 Å². The summed E-state index contributed by atoms with van der Waals surface area (Å²) in [5.74, 6) is -0.465. The van der Waals surface area contributed by atoms with E-state index in [-0.39, 0.29) is 25.2 Å². The van der Waals surface area contributed by atoms with Gasteiger partial charge in [0.2, 0.25) is 0 Å². The molecule has 1 unspecified atom stereocenters. The second kappa shape index (κ2) is 55.6. The third-order valence-corrected chi connectivity index (χ3v) is 11.0. The molecule has 0 aromatic heterocycles. The third-order valence-electron chi connectivity index (χ3n) is 11.0. The Labute approximate surface area is 407 Å². The lowest BCUT2D eigenvalue weighted by molar-refractivity contribution is -0.163. The Kier molecular flexibility index (Phi) is 52.5. The van der Waals surface area contributed by atoms with Gasteiger partial charge in [0.25, 0.3) is 0 Å². The van der Waals surface area contributed by atoms with Crippen molar-refractivity contribution in [3.63, 3.8) is 0 Å². The summed E-state index contributed by atoms with van der Waals surface area (Å²) in [6.45, 7) is 7.40. The molecule has 0 aliphatic carbocycles. The van der Waals surface area contributed by atoms with Gasteiger partial charge in [0, 0.05) is 19.4 Å². The van der Waals surface area contributed by atoms with Gasteiger partial charge in [0.15, 0.2) is 6.10 Å². The van der Waals surface area contributed by atoms with Crippen LogP contribution in [0, 0.1) is 0 Å². The van der Waals surface area contributed by atoms with E-state index in [1.165, 1.54) is 70.6 Å². The molecule has 66 heavy (non-hydrogen) atoms. The van der Waals surface area contributed by atoms with Gasteiger partial charge in [-0.3, -0.25) is 9.59 Å². The number of hydrogen-bond donors (Lipinski definition) is 0. The smallest absolute Gasteiger partial charge is 0.306 e. The van der Waals surface area contributed by atoms with E-state index in [2.05, 4.69) is 142 Å². The fraction of sp³-hybridized carbons (Fsp3) is 0.639. The molecule has 0 heterocycles. The molecule has 0 amide bonds. The lowest BCUT2D eigenvalue weighted by Crippen LogP contribution is -2.30. The van der Waals surface area contributed by atoms with Gasteiger partial charge in [-0.25, -0.2) is 0 Å². The Hall–Kier alpha value is -3.70. The van der Waals surface area contributed by atoms with Crippen molar-refractivity contribution < 1.29 is 23.8 Å². The van der Waals surface area contributed by atoms with Crippen molar-refractivity contribution in [2.75, 3.05) is 19.8 Å². The van der Waals surface area contributed by atoms with Gasteiger partial charge in [0.1, 0.15) is 6.61 Å². The van der Waals surface area contributed by atoms with E-state index in [1.807, 2.05) is 0 Å². The number of allylic oxidation sites excluding steroid dienone is 20. The van der Waals surface area contributed by atoms with E-state index in [0.29, 0.717) is 19.4 Å². The Morgan fingerprint density at radius 3 is 1.09 bits per heavy atom. The predicted octanol–water partition coefficient (Wildman–Crippen LogP) is 18.6. The van der Waals surface area contributed by atoms with Crippen molar-refractivity contribution >= 4 is 11.9 Å². The van der Waals surface area contributed by atoms with Crippen molar-refractivity contribution in [2.24, 2.45) is 0 Å². The Balaban J connectivity index is 4.39. The summed E-state index contributed by atoms with van der Waals surface area (Å²) in [5.41, 5.74) is 0. The normalized spacial score (nSPS) is 13.2. The molecule has 0 aromatic carbocycles. The minimum Gasteiger partial charge on any atom is -0.462 e. The van der Waals surface area contributed by atoms with E-state index in [9.17, 15) is 9.59 Å². The number of ether oxygens (including phenoxy) is 3.